The average molecular weight is 407 g/mol. The lowest BCUT2D eigenvalue weighted by Crippen LogP contribution is -2.37. The van der Waals surface area contributed by atoms with Crippen molar-refractivity contribution in [3.8, 4) is 0 Å². The summed E-state index contributed by atoms with van der Waals surface area (Å²) >= 11 is 0. The molecule has 1 aliphatic heterocycles. The Morgan fingerprint density at radius 3 is 2.39 bits per heavy atom. The molecule has 10 heteroatoms. The number of hydrogen-bond donors (Lipinski definition) is 0. The smallest absolute Gasteiger partial charge is 0.289 e. The predicted molar refractivity (Wildman–Crippen MR) is 98.8 cm³/mol. The third-order valence-electron chi connectivity index (χ3n) is 4.53. The van der Waals surface area contributed by atoms with Crippen LogP contribution >= 0.6 is 0 Å². The van der Waals surface area contributed by atoms with Crippen molar-refractivity contribution in [3.63, 3.8) is 0 Å². The Morgan fingerprint density at radius 1 is 1.00 bits per heavy atom. The maximum Gasteiger partial charge on any atom is 0.289 e. The van der Waals surface area contributed by atoms with Crippen molar-refractivity contribution in [1.29, 1.82) is 0 Å². The van der Waals surface area contributed by atoms with Gasteiger partial charge in [0.25, 0.3) is 11.6 Å². The summed E-state index contributed by atoms with van der Waals surface area (Å²) in [6.07, 6.45) is 0.333. The molecular formula is C18H18FN3O5S. The van der Waals surface area contributed by atoms with Crippen LogP contribution in [-0.4, -0.2) is 54.6 Å². The molecule has 1 fully saturated rings. The van der Waals surface area contributed by atoms with E-state index in [2.05, 4.69) is 0 Å². The van der Waals surface area contributed by atoms with Crippen molar-refractivity contribution in [2.75, 3.05) is 26.2 Å². The standard InChI is InChI=1S/C18H18FN3O5S/c19-15-7-2-1-6-14(15)18(23)20-10-5-11-21(13-12-20)28(26,27)17-9-4-3-8-16(17)22(24)25/h1-4,6-9H,5,10-13H2. The van der Waals surface area contributed by atoms with Gasteiger partial charge in [0, 0.05) is 32.2 Å². The minimum atomic E-state index is -4.10. The van der Waals surface area contributed by atoms with Crippen LogP contribution in [0.2, 0.25) is 0 Å². The Morgan fingerprint density at radius 2 is 1.68 bits per heavy atom. The Balaban J connectivity index is 1.81. The van der Waals surface area contributed by atoms with Gasteiger partial charge in [-0.15, -0.1) is 0 Å². The average Bonchev–Trinajstić information content (AvgIpc) is 2.94. The highest BCUT2D eigenvalue weighted by Gasteiger charge is 2.33. The first-order valence-corrected chi connectivity index (χ1v) is 10.0. The molecule has 3 rings (SSSR count). The van der Waals surface area contributed by atoms with E-state index in [0.29, 0.717) is 6.42 Å². The third-order valence-corrected chi connectivity index (χ3v) is 6.47. The van der Waals surface area contributed by atoms with Crippen molar-refractivity contribution >= 4 is 21.6 Å². The van der Waals surface area contributed by atoms with E-state index in [1.807, 2.05) is 0 Å². The van der Waals surface area contributed by atoms with Gasteiger partial charge in [-0.05, 0) is 24.6 Å². The summed E-state index contributed by atoms with van der Waals surface area (Å²) in [6, 6.07) is 10.8. The topological polar surface area (TPSA) is 101 Å². The predicted octanol–water partition coefficient (Wildman–Crippen LogP) is 2.27. The Labute approximate surface area is 161 Å². The molecular weight excluding hydrogens is 389 g/mol. The Hall–Kier alpha value is -2.85. The normalized spacial score (nSPS) is 15.8. The zero-order chi connectivity index (χ0) is 20.3. The monoisotopic (exact) mass is 407 g/mol. The van der Waals surface area contributed by atoms with E-state index >= 15 is 0 Å². The van der Waals surface area contributed by atoms with E-state index in [9.17, 15) is 27.7 Å². The molecule has 0 atom stereocenters. The number of sulfonamides is 1. The van der Waals surface area contributed by atoms with Crippen LogP contribution in [0.3, 0.4) is 0 Å². The van der Waals surface area contributed by atoms with E-state index in [-0.39, 0.29) is 36.6 Å². The molecule has 0 aromatic heterocycles. The van der Waals surface area contributed by atoms with E-state index < -0.39 is 32.4 Å². The number of rotatable bonds is 4. The largest absolute Gasteiger partial charge is 0.337 e. The maximum absolute atomic E-state index is 13.9. The first-order valence-electron chi connectivity index (χ1n) is 8.60. The van der Waals surface area contributed by atoms with Crippen molar-refractivity contribution in [3.05, 3.63) is 70.0 Å². The highest BCUT2D eigenvalue weighted by Crippen LogP contribution is 2.27. The van der Waals surface area contributed by atoms with Crippen molar-refractivity contribution in [2.24, 2.45) is 0 Å². The number of nitro groups is 1. The van der Waals surface area contributed by atoms with Gasteiger partial charge in [-0.3, -0.25) is 14.9 Å². The highest BCUT2D eigenvalue weighted by atomic mass is 32.2. The molecule has 1 amide bonds. The molecule has 28 heavy (non-hydrogen) atoms. The molecule has 0 N–H and O–H groups in total. The van der Waals surface area contributed by atoms with Gasteiger partial charge in [-0.1, -0.05) is 24.3 Å². The Kier molecular flexibility index (Phi) is 5.71. The van der Waals surface area contributed by atoms with Gasteiger partial charge < -0.3 is 4.90 Å². The fourth-order valence-corrected chi connectivity index (χ4v) is 4.73. The summed E-state index contributed by atoms with van der Waals surface area (Å²) in [5.41, 5.74) is -0.566. The van der Waals surface area contributed by atoms with E-state index in [4.69, 9.17) is 0 Å². The van der Waals surface area contributed by atoms with Gasteiger partial charge in [-0.25, -0.2) is 12.8 Å². The van der Waals surface area contributed by atoms with Crippen LogP contribution in [-0.2, 0) is 10.0 Å². The van der Waals surface area contributed by atoms with Crippen LogP contribution in [0.15, 0.2) is 53.4 Å². The van der Waals surface area contributed by atoms with Gasteiger partial charge in [0.05, 0.1) is 10.5 Å². The molecule has 2 aromatic carbocycles. The summed E-state index contributed by atoms with van der Waals surface area (Å²) in [4.78, 5) is 24.0. The lowest BCUT2D eigenvalue weighted by Gasteiger charge is -2.22. The third kappa shape index (κ3) is 3.87. The van der Waals surface area contributed by atoms with Crippen LogP contribution < -0.4 is 0 Å². The number of halogens is 1. The fourth-order valence-electron chi connectivity index (χ4n) is 3.11. The molecule has 8 nitrogen and oxygen atoms in total. The number of para-hydroxylation sites is 1. The number of carbonyl (C=O) groups excluding carboxylic acids is 1. The lowest BCUT2D eigenvalue weighted by molar-refractivity contribution is -0.387. The second kappa shape index (κ2) is 8.03. The molecule has 0 unspecified atom stereocenters. The quantitative estimate of drug-likeness (QED) is 0.572. The zero-order valence-corrected chi connectivity index (χ0v) is 15.6. The molecule has 0 radical (unpaired) electrons. The maximum atomic E-state index is 13.9. The van der Waals surface area contributed by atoms with Gasteiger partial charge in [0.15, 0.2) is 4.90 Å². The highest BCUT2D eigenvalue weighted by molar-refractivity contribution is 7.89. The first-order chi connectivity index (χ1) is 13.3. The molecule has 0 saturated carbocycles. The number of nitrogens with zero attached hydrogens (tertiary/aromatic N) is 3. The van der Waals surface area contributed by atoms with Crippen molar-refractivity contribution in [1.82, 2.24) is 9.21 Å². The van der Waals surface area contributed by atoms with E-state index in [1.165, 1.54) is 41.3 Å². The first kappa shape index (κ1) is 19.9. The van der Waals surface area contributed by atoms with Gasteiger partial charge >= 0.3 is 0 Å². The fraction of sp³-hybridized carbons (Fsp3) is 0.278. The number of carbonyl (C=O) groups is 1. The van der Waals surface area contributed by atoms with Crippen LogP contribution in [0.5, 0.6) is 0 Å². The number of hydrogen-bond acceptors (Lipinski definition) is 5. The van der Waals surface area contributed by atoms with Crippen LogP contribution in [0.1, 0.15) is 16.8 Å². The van der Waals surface area contributed by atoms with Crippen LogP contribution in [0, 0.1) is 15.9 Å². The van der Waals surface area contributed by atoms with Gasteiger partial charge in [0.2, 0.25) is 10.0 Å². The second-order valence-electron chi connectivity index (χ2n) is 6.25. The minimum absolute atomic E-state index is 0.0332. The van der Waals surface area contributed by atoms with Crippen molar-refractivity contribution < 1.29 is 22.5 Å². The molecule has 0 aliphatic carbocycles. The lowest BCUT2D eigenvalue weighted by atomic mass is 10.2. The van der Waals surface area contributed by atoms with Crippen molar-refractivity contribution in [2.45, 2.75) is 11.3 Å². The summed E-state index contributed by atoms with van der Waals surface area (Å²) in [5.74, 6) is -1.15. The second-order valence-corrected chi connectivity index (χ2v) is 8.16. The number of amides is 1. The molecule has 148 valence electrons. The van der Waals surface area contributed by atoms with Gasteiger partial charge in [-0.2, -0.15) is 4.31 Å². The molecule has 0 bridgehead atoms. The van der Waals surface area contributed by atoms with E-state index in [0.717, 1.165) is 10.4 Å². The number of benzene rings is 2. The minimum Gasteiger partial charge on any atom is -0.337 e. The zero-order valence-electron chi connectivity index (χ0n) is 14.8. The van der Waals surface area contributed by atoms with Crippen LogP contribution in [0.25, 0.3) is 0 Å². The Bertz CT molecular complexity index is 1010. The van der Waals surface area contributed by atoms with E-state index in [1.54, 1.807) is 6.07 Å². The van der Waals surface area contributed by atoms with Crippen LogP contribution in [0.4, 0.5) is 10.1 Å². The number of nitro benzene ring substituents is 1. The molecule has 1 aliphatic rings. The SMILES string of the molecule is O=C(c1ccccc1F)N1CCCN(S(=O)(=O)c2ccccc2[N+](=O)[O-])CC1. The summed E-state index contributed by atoms with van der Waals surface area (Å²) < 4.78 is 40.9. The molecule has 0 spiro atoms. The summed E-state index contributed by atoms with van der Waals surface area (Å²) in [5, 5.41) is 11.2. The summed E-state index contributed by atoms with van der Waals surface area (Å²) in [6.45, 7) is 0.396. The molecule has 1 heterocycles. The van der Waals surface area contributed by atoms with Gasteiger partial charge in [0.1, 0.15) is 5.82 Å². The molecule has 2 aromatic rings. The summed E-state index contributed by atoms with van der Waals surface area (Å²) in [7, 11) is -4.10. The molecule has 1 saturated heterocycles.